The number of benzene rings is 2. The lowest BCUT2D eigenvalue weighted by Crippen LogP contribution is -2.16. The highest BCUT2D eigenvalue weighted by Crippen LogP contribution is 2.20. The Bertz CT molecular complexity index is 816. The van der Waals surface area contributed by atoms with Gasteiger partial charge in [0.15, 0.2) is 11.6 Å². The Balaban J connectivity index is 1.63. The topological polar surface area (TPSA) is 72.0 Å². The van der Waals surface area contributed by atoms with E-state index in [2.05, 4.69) is 14.7 Å². The first-order chi connectivity index (χ1) is 11.2. The maximum absolute atomic E-state index is 12.0. The molecule has 0 unspecified atom stereocenters. The average Bonchev–Trinajstić information content (AvgIpc) is 3.04. The van der Waals surface area contributed by atoms with Crippen LogP contribution in [0.1, 0.15) is 16.8 Å². The first kappa shape index (κ1) is 15.1. The van der Waals surface area contributed by atoms with E-state index in [0.29, 0.717) is 16.5 Å². The standard InChI is InChI=1S/C17H13N3O2S/c21-14(12-7-3-1-4-8-12)11-15(22)18-17-19-16(20-23-17)13-9-5-2-6-10-13/h1-10H,11H2,(H,18,19,20,22). The fourth-order valence-electron chi connectivity index (χ4n) is 2.01. The molecule has 0 radical (unpaired) electrons. The summed E-state index contributed by atoms with van der Waals surface area (Å²) in [6.45, 7) is 0. The van der Waals surface area contributed by atoms with E-state index in [1.807, 2.05) is 36.4 Å². The van der Waals surface area contributed by atoms with E-state index < -0.39 is 5.91 Å². The van der Waals surface area contributed by atoms with E-state index >= 15 is 0 Å². The van der Waals surface area contributed by atoms with Gasteiger partial charge in [0, 0.05) is 22.7 Å². The summed E-state index contributed by atoms with van der Waals surface area (Å²) in [5.41, 5.74) is 1.40. The zero-order valence-corrected chi connectivity index (χ0v) is 12.9. The first-order valence-corrected chi connectivity index (χ1v) is 7.77. The monoisotopic (exact) mass is 323 g/mol. The molecule has 0 saturated carbocycles. The minimum Gasteiger partial charge on any atom is -0.300 e. The number of carbonyl (C=O) groups excluding carboxylic acids is 2. The van der Waals surface area contributed by atoms with E-state index in [9.17, 15) is 9.59 Å². The largest absolute Gasteiger partial charge is 0.300 e. The number of nitrogens with one attached hydrogen (secondary N) is 1. The molecule has 0 saturated heterocycles. The minimum atomic E-state index is -0.394. The van der Waals surface area contributed by atoms with Crippen molar-refractivity contribution in [3.63, 3.8) is 0 Å². The Kier molecular flexibility index (Phi) is 4.54. The molecule has 6 heteroatoms. The molecule has 114 valence electrons. The fourth-order valence-corrected chi connectivity index (χ4v) is 2.62. The summed E-state index contributed by atoms with van der Waals surface area (Å²) in [5.74, 6) is -0.0641. The molecule has 3 aromatic rings. The molecule has 0 fully saturated rings. The zero-order valence-electron chi connectivity index (χ0n) is 12.1. The van der Waals surface area contributed by atoms with E-state index in [4.69, 9.17) is 0 Å². The predicted octanol–water partition coefficient (Wildman–Crippen LogP) is 3.42. The molecule has 3 rings (SSSR count). The van der Waals surface area contributed by atoms with Crippen molar-refractivity contribution in [2.24, 2.45) is 0 Å². The van der Waals surface area contributed by atoms with Crippen molar-refractivity contribution >= 4 is 28.4 Å². The van der Waals surface area contributed by atoms with Gasteiger partial charge in [0.05, 0.1) is 6.42 Å². The van der Waals surface area contributed by atoms with Crippen molar-refractivity contribution in [1.82, 2.24) is 9.36 Å². The van der Waals surface area contributed by atoms with Gasteiger partial charge in [0.1, 0.15) is 0 Å². The molecule has 0 atom stereocenters. The van der Waals surface area contributed by atoms with Crippen LogP contribution in [-0.2, 0) is 4.79 Å². The van der Waals surface area contributed by atoms with Crippen molar-refractivity contribution in [2.75, 3.05) is 5.32 Å². The number of hydrogen-bond donors (Lipinski definition) is 1. The average molecular weight is 323 g/mol. The minimum absolute atomic E-state index is 0.218. The smallest absolute Gasteiger partial charge is 0.234 e. The SMILES string of the molecule is O=C(CC(=O)c1ccccc1)Nc1nc(-c2ccccc2)ns1. The van der Waals surface area contributed by atoms with Crippen LogP contribution in [0.3, 0.4) is 0 Å². The lowest BCUT2D eigenvalue weighted by molar-refractivity contribution is -0.115. The van der Waals surface area contributed by atoms with Gasteiger partial charge >= 0.3 is 0 Å². The highest BCUT2D eigenvalue weighted by molar-refractivity contribution is 7.10. The first-order valence-electron chi connectivity index (χ1n) is 6.99. The van der Waals surface area contributed by atoms with Gasteiger partial charge in [0.25, 0.3) is 0 Å². The molecule has 2 aromatic carbocycles. The van der Waals surface area contributed by atoms with Crippen LogP contribution in [0, 0.1) is 0 Å². The Labute approximate surface area is 137 Å². The van der Waals surface area contributed by atoms with Crippen LogP contribution in [0.4, 0.5) is 5.13 Å². The quantitative estimate of drug-likeness (QED) is 0.577. The second kappa shape index (κ2) is 6.93. The molecule has 1 amide bonds. The van der Waals surface area contributed by atoms with Crippen molar-refractivity contribution in [2.45, 2.75) is 6.42 Å². The lowest BCUT2D eigenvalue weighted by atomic mass is 10.1. The van der Waals surface area contributed by atoms with E-state index in [-0.39, 0.29) is 12.2 Å². The third kappa shape index (κ3) is 3.87. The van der Waals surface area contributed by atoms with Crippen molar-refractivity contribution < 1.29 is 9.59 Å². The maximum Gasteiger partial charge on any atom is 0.234 e. The molecule has 1 N–H and O–H groups in total. The summed E-state index contributed by atoms with van der Waals surface area (Å²) >= 11 is 1.09. The normalized spacial score (nSPS) is 10.3. The Hall–Kier alpha value is -2.86. The summed E-state index contributed by atoms with van der Waals surface area (Å²) in [4.78, 5) is 28.2. The number of aromatic nitrogens is 2. The number of nitrogens with zero attached hydrogens (tertiary/aromatic N) is 2. The maximum atomic E-state index is 12.0. The Morgan fingerprint density at radius 3 is 2.30 bits per heavy atom. The van der Waals surface area contributed by atoms with Crippen molar-refractivity contribution in [1.29, 1.82) is 0 Å². The van der Waals surface area contributed by atoms with Crippen LogP contribution in [0.5, 0.6) is 0 Å². The molecule has 0 aliphatic rings. The second-order valence-corrected chi connectivity index (χ2v) is 5.56. The van der Waals surface area contributed by atoms with Crippen molar-refractivity contribution in [3.05, 3.63) is 66.2 Å². The number of Topliss-reactive ketones (excluding diaryl/α,β-unsaturated/α-hetero) is 1. The Morgan fingerprint density at radius 1 is 0.957 bits per heavy atom. The zero-order chi connectivity index (χ0) is 16.1. The van der Waals surface area contributed by atoms with Crippen LogP contribution in [0.2, 0.25) is 0 Å². The summed E-state index contributed by atoms with van der Waals surface area (Å²) in [7, 11) is 0. The molecular formula is C17H13N3O2S. The number of amides is 1. The molecule has 1 aromatic heterocycles. The van der Waals surface area contributed by atoms with Crippen LogP contribution in [-0.4, -0.2) is 21.0 Å². The molecular weight excluding hydrogens is 310 g/mol. The lowest BCUT2D eigenvalue weighted by Gasteiger charge is -2.01. The van der Waals surface area contributed by atoms with Crippen LogP contribution in [0.15, 0.2) is 60.7 Å². The van der Waals surface area contributed by atoms with Gasteiger partial charge in [0.2, 0.25) is 11.0 Å². The molecule has 1 heterocycles. The third-order valence-corrected chi connectivity index (χ3v) is 3.75. The van der Waals surface area contributed by atoms with Gasteiger partial charge in [-0.2, -0.15) is 9.36 Å². The van der Waals surface area contributed by atoms with Crippen molar-refractivity contribution in [3.8, 4) is 11.4 Å². The second-order valence-electron chi connectivity index (χ2n) is 4.80. The van der Waals surface area contributed by atoms with Gasteiger partial charge in [-0.05, 0) is 0 Å². The summed E-state index contributed by atoms with van der Waals surface area (Å²) in [6, 6.07) is 18.2. The van der Waals surface area contributed by atoms with Gasteiger partial charge in [-0.25, -0.2) is 0 Å². The number of rotatable bonds is 5. The van der Waals surface area contributed by atoms with E-state index in [1.54, 1.807) is 24.3 Å². The van der Waals surface area contributed by atoms with Gasteiger partial charge < -0.3 is 5.32 Å². The van der Waals surface area contributed by atoms with Gasteiger partial charge in [-0.1, -0.05) is 60.7 Å². The van der Waals surface area contributed by atoms with Gasteiger partial charge in [-0.3, -0.25) is 9.59 Å². The molecule has 23 heavy (non-hydrogen) atoms. The van der Waals surface area contributed by atoms with Crippen LogP contribution in [0.25, 0.3) is 11.4 Å². The molecule has 0 aliphatic heterocycles. The number of carbonyl (C=O) groups is 2. The summed E-state index contributed by atoms with van der Waals surface area (Å²) in [5, 5.41) is 3.00. The summed E-state index contributed by atoms with van der Waals surface area (Å²) in [6.07, 6.45) is -0.218. The van der Waals surface area contributed by atoms with Crippen LogP contribution >= 0.6 is 11.5 Å². The molecule has 0 aliphatic carbocycles. The van der Waals surface area contributed by atoms with E-state index in [1.165, 1.54) is 0 Å². The third-order valence-electron chi connectivity index (χ3n) is 3.12. The number of ketones is 1. The van der Waals surface area contributed by atoms with Crippen LogP contribution < -0.4 is 5.32 Å². The Morgan fingerprint density at radius 2 is 1.61 bits per heavy atom. The molecule has 0 spiro atoms. The fraction of sp³-hybridized carbons (Fsp3) is 0.0588. The predicted molar refractivity (Wildman–Crippen MR) is 89.4 cm³/mol. The van der Waals surface area contributed by atoms with Gasteiger partial charge in [-0.15, -0.1) is 0 Å². The van der Waals surface area contributed by atoms with E-state index in [0.717, 1.165) is 17.1 Å². The summed E-state index contributed by atoms with van der Waals surface area (Å²) < 4.78 is 4.21. The molecule has 0 bridgehead atoms. The highest BCUT2D eigenvalue weighted by atomic mass is 32.1. The number of hydrogen-bond acceptors (Lipinski definition) is 5. The highest BCUT2D eigenvalue weighted by Gasteiger charge is 2.14. The number of anilines is 1. The molecule has 5 nitrogen and oxygen atoms in total.